The summed E-state index contributed by atoms with van der Waals surface area (Å²) in [6.45, 7) is 9.45. The molecule has 0 bridgehead atoms. The van der Waals surface area contributed by atoms with Crippen LogP contribution in [0.2, 0.25) is 0 Å². The Morgan fingerprint density at radius 2 is 2.10 bits per heavy atom. The molecule has 0 saturated carbocycles. The summed E-state index contributed by atoms with van der Waals surface area (Å²) in [5, 5.41) is 9.49. The molecule has 1 fully saturated rings. The van der Waals surface area contributed by atoms with Gasteiger partial charge in [-0.3, -0.25) is 14.8 Å². The van der Waals surface area contributed by atoms with E-state index in [1.807, 2.05) is 0 Å². The van der Waals surface area contributed by atoms with E-state index in [9.17, 15) is 4.79 Å². The first-order chi connectivity index (χ1) is 9.58. The Morgan fingerprint density at radius 1 is 1.40 bits per heavy atom. The van der Waals surface area contributed by atoms with Gasteiger partial charge in [0.1, 0.15) is 0 Å². The van der Waals surface area contributed by atoms with Gasteiger partial charge in [-0.25, -0.2) is 0 Å². The predicted octanol–water partition coefficient (Wildman–Crippen LogP) is 0.412. The van der Waals surface area contributed by atoms with Crippen molar-refractivity contribution >= 4 is 5.91 Å². The van der Waals surface area contributed by atoms with E-state index in [1.54, 1.807) is 12.4 Å². The number of H-pyrrole nitrogens is 1. The van der Waals surface area contributed by atoms with Crippen LogP contribution in [0.3, 0.4) is 0 Å². The van der Waals surface area contributed by atoms with Gasteiger partial charge < -0.3 is 10.2 Å². The molecule has 0 spiro atoms. The summed E-state index contributed by atoms with van der Waals surface area (Å²) in [6.07, 6.45) is 3.17. The molecule has 0 aromatic carbocycles. The Morgan fingerprint density at radius 3 is 2.65 bits per heavy atom. The minimum atomic E-state index is -0.0569. The molecule has 112 valence electrons. The molecule has 0 radical (unpaired) electrons. The molecule has 6 nitrogen and oxygen atoms in total. The van der Waals surface area contributed by atoms with E-state index in [2.05, 4.69) is 46.2 Å². The monoisotopic (exact) mass is 279 g/mol. The normalized spacial score (nSPS) is 19.2. The summed E-state index contributed by atoms with van der Waals surface area (Å²) in [7, 11) is 2.16. The van der Waals surface area contributed by atoms with Gasteiger partial charge >= 0.3 is 0 Å². The van der Waals surface area contributed by atoms with Crippen molar-refractivity contribution in [2.45, 2.75) is 19.9 Å². The molecule has 2 rings (SSSR count). The summed E-state index contributed by atoms with van der Waals surface area (Å²) in [5.74, 6) is 0.460. The van der Waals surface area contributed by atoms with E-state index in [-0.39, 0.29) is 5.91 Å². The number of piperazine rings is 1. The molecular formula is C14H25N5O. The largest absolute Gasteiger partial charge is 0.350 e. The third-order valence-electron chi connectivity index (χ3n) is 4.01. The second kappa shape index (κ2) is 6.85. The van der Waals surface area contributed by atoms with Crippen LogP contribution in [0.5, 0.6) is 0 Å². The van der Waals surface area contributed by atoms with Gasteiger partial charge in [-0.15, -0.1) is 0 Å². The molecule has 1 aromatic heterocycles. The molecule has 1 aromatic rings. The van der Waals surface area contributed by atoms with Crippen molar-refractivity contribution in [3.05, 3.63) is 18.0 Å². The number of hydrogen-bond acceptors (Lipinski definition) is 4. The molecule has 1 aliphatic heterocycles. The summed E-state index contributed by atoms with van der Waals surface area (Å²) >= 11 is 0. The van der Waals surface area contributed by atoms with Crippen molar-refractivity contribution in [2.24, 2.45) is 5.92 Å². The molecule has 20 heavy (non-hydrogen) atoms. The Labute approximate surface area is 120 Å². The third kappa shape index (κ3) is 3.80. The molecular weight excluding hydrogens is 254 g/mol. The lowest BCUT2D eigenvalue weighted by molar-refractivity contribution is 0.0791. The Hall–Kier alpha value is -1.40. The van der Waals surface area contributed by atoms with Gasteiger partial charge in [0.15, 0.2) is 0 Å². The number of amides is 1. The third-order valence-corrected chi connectivity index (χ3v) is 4.01. The minimum absolute atomic E-state index is 0.0569. The van der Waals surface area contributed by atoms with Crippen molar-refractivity contribution in [1.29, 1.82) is 0 Å². The first-order valence-electron chi connectivity index (χ1n) is 7.27. The van der Waals surface area contributed by atoms with Crippen LogP contribution in [0.25, 0.3) is 0 Å². The highest BCUT2D eigenvalue weighted by molar-refractivity contribution is 5.93. The number of likely N-dealkylation sites (N-methyl/N-ethyl adjacent to an activating group) is 1. The van der Waals surface area contributed by atoms with E-state index in [1.165, 1.54) is 0 Å². The van der Waals surface area contributed by atoms with Crippen LogP contribution < -0.4 is 5.32 Å². The Kier molecular flexibility index (Phi) is 5.14. The number of nitrogens with one attached hydrogen (secondary N) is 2. The molecule has 1 amide bonds. The topological polar surface area (TPSA) is 64.3 Å². The van der Waals surface area contributed by atoms with Gasteiger partial charge in [0.25, 0.3) is 5.91 Å². The van der Waals surface area contributed by atoms with E-state index in [0.29, 0.717) is 24.1 Å². The zero-order valence-corrected chi connectivity index (χ0v) is 12.6. The van der Waals surface area contributed by atoms with Crippen molar-refractivity contribution in [3.8, 4) is 0 Å². The van der Waals surface area contributed by atoms with Crippen molar-refractivity contribution in [1.82, 2.24) is 25.3 Å². The molecule has 1 saturated heterocycles. The van der Waals surface area contributed by atoms with Gasteiger partial charge in [-0.05, 0) is 13.0 Å². The van der Waals surface area contributed by atoms with Crippen LogP contribution in [0, 0.1) is 5.92 Å². The van der Waals surface area contributed by atoms with Crippen molar-refractivity contribution in [3.63, 3.8) is 0 Å². The highest BCUT2D eigenvalue weighted by Gasteiger charge is 2.25. The average molecular weight is 279 g/mol. The molecule has 1 unspecified atom stereocenters. The molecule has 1 atom stereocenters. The van der Waals surface area contributed by atoms with Gasteiger partial charge in [-0.1, -0.05) is 13.8 Å². The fraction of sp³-hybridized carbons (Fsp3) is 0.714. The molecule has 1 aliphatic rings. The smallest absolute Gasteiger partial charge is 0.254 e. The number of carbonyl (C=O) groups excluding carboxylic acids is 1. The van der Waals surface area contributed by atoms with Gasteiger partial charge in [0.2, 0.25) is 0 Å². The van der Waals surface area contributed by atoms with Crippen molar-refractivity contribution < 1.29 is 4.79 Å². The van der Waals surface area contributed by atoms with E-state index in [0.717, 1.165) is 26.2 Å². The zero-order valence-electron chi connectivity index (χ0n) is 12.6. The Balaban J connectivity index is 1.88. The molecule has 2 N–H and O–H groups in total. The lowest BCUT2D eigenvalue weighted by Gasteiger charge is -2.39. The van der Waals surface area contributed by atoms with Crippen LogP contribution in [0.4, 0.5) is 0 Å². The maximum atomic E-state index is 12.0. The van der Waals surface area contributed by atoms with E-state index >= 15 is 0 Å². The van der Waals surface area contributed by atoms with Gasteiger partial charge in [0, 0.05) is 45.0 Å². The average Bonchev–Trinajstić information content (AvgIpc) is 2.94. The minimum Gasteiger partial charge on any atom is -0.350 e. The molecule has 6 heteroatoms. The molecule has 0 aliphatic carbocycles. The fourth-order valence-corrected chi connectivity index (χ4v) is 2.61. The molecule has 2 heterocycles. The van der Waals surface area contributed by atoms with Gasteiger partial charge in [0.05, 0.1) is 11.8 Å². The van der Waals surface area contributed by atoms with Crippen LogP contribution >= 0.6 is 0 Å². The summed E-state index contributed by atoms with van der Waals surface area (Å²) < 4.78 is 0. The van der Waals surface area contributed by atoms with E-state index in [4.69, 9.17) is 0 Å². The first-order valence-corrected chi connectivity index (χ1v) is 7.27. The summed E-state index contributed by atoms with van der Waals surface area (Å²) in [6, 6.07) is 0.388. The highest BCUT2D eigenvalue weighted by atomic mass is 16.1. The number of aromatic amines is 1. The van der Waals surface area contributed by atoms with Gasteiger partial charge in [-0.2, -0.15) is 5.10 Å². The standard InChI is InChI=1S/C14H25N5O/c1-11(2)13(19-6-4-18(3)5-7-19)10-15-14(20)12-8-16-17-9-12/h8-9,11,13H,4-7,10H2,1-3H3,(H,15,20)(H,16,17). The zero-order chi connectivity index (χ0) is 14.5. The lowest BCUT2D eigenvalue weighted by Crippen LogP contribution is -2.54. The summed E-state index contributed by atoms with van der Waals surface area (Å²) in [5.41, 5.74) is 0.589. The number of rotatable bonds is 5. The van der Waals surface area contributed by atoms with Crippen LogP contribution in [-0.4, -0.2) is 71.7 Å². The quantitative estimate of drug-likeness (QED) is 0.819. The van der Waals surface area contributed by atoms with E-state index < -0.39 is 0 Å². The Bertz CT molecular complexity index is 409. The number of hydrogen-bond donors (Lipinski definition) is 2. The second-order valence-electron chi connectivity index (χ2n) is 5.85. The maximum absolute atomic E-state index is 12.0. The lowest BCUT2D eigenvalue weighted by atomic mass is 10.0. The number of aromatic nitrogens is 2. The van der Waals surface area contributed by atoms with Crippen LogP contribution in [-0.2, 0) is 0 Å². The summed E-state index contributed by atoms with van der Waals surface area (Å²) in [4.78, 5) is 16.8. The number of carbonyl (C=O) groups is 1. The fourth-order valence-electron chi connectivity index (χ4n) is 2.61. The first kappa shape index (κ1) is 15.0. The van der Waals surface area contributed by atoms with Crippen LogP contribution in [0.1, 0.15) is 24.2 Å². The predicted molar refractivity (Wildman–Crippen MR) is 78.6 cm³/mol. The van der Waals surface area contributed by atoms with Crippen molar-refractivity contribution in [2.75, 3.05) is 39.8 Å². The van der Waals surface area contributed by atoms with Crippen LogP contribution in [0.15, 0.2) is 12.4 Å². The number of nitrogens with zero attached hydrogens (tertiary/aromatic N) is 3. The maximum Gasteiger partial charge on any atom is 0.254 e. The SMILES string of the molecule is CC(C)C(CNC(=O)c1cn[nH]c1)N1CCN(C)CC1. The second-order valence-corrected chi connectivity index (χ2v) is 5.85. The highest BCUT2D eigenvalue weighted by Crippen LogP contribution is 2.13.